The summed E-state index contributed by atoms with van der Waals surface area (Å²) in [5, 5.41) is 3.84. The van der Waals surface area contributed by atoms with Gasteiger partial charge in [0.15, 0.2) is 0 Å². The number of hydrogen-bond donors (Lipinski definition) is 1. The van der Waals surface area contributed by atoms with Gasteiger partial charge >= 0.3 is 0 Å². The summed E-state index contributed by atoms with van der Waals surface area (Å²) in [6.45, 7) is 4.12. The van der Waals surface area contributed by atoms with Crippen molar-refractivity contribution < 1.29 is 9.59 Å². The Kier molecular flexibility index (Phi) is 4.64. The summed E-state index contributed by atoms with van der Waals surface area (Å²) in [7, 11) is 0. The lowest BCUT2D eigenvalue weighted by Crippen LogP contribution is -2.52. The second-order valence-electron chi connectivity index (χ2n) is 5.81. The highest BCUT2D eigenvalue weighted by molar-refractivity contribution is 6.30. The first-order valence-corrected chi connectivity index (χ1v) is 8.07. The third-order valence-electron chi connectivity index (χ3n) is 4.38. The molecule has 1 N–H and O–H groups in total. The molecule has 5 nitrogen and oxygen atoms in total. The number of hydrogen-bond acceptors (Lipinski definition) is 3. The Hall–Kier alpha value is -1.59. The van der Waals surface area contributed by atoms with Gasteiger partial charge in [-0.3, -0.25) is 9.59 Å². The molecule has 0 aromatic heterocycles. The molecule has 2 heterocycles. The van der Waals surface area contributed by atoms with E-state index in [9.17, 15) is 9.59 Å². The van der Waals surface area contributed by atoms with Crippen molar-refractivity contribution in [2.45, 2.75) is 6.42 Å². The highest BCUT2D eigenvalue weighted by atomic mass is 35.5. The molecule has 2 saturated heterocycles. The molecular weight excluding hydrogens is 302 g/mol. The lowest BCUT2D eigenvalue weighted by molar-refractivity contribution is -0.136. The van der Waals surface area contributed by atoms with Crippen LogP contribution in [0.25, 0.3) is 0 Å². The predicted molar refractivity (Wildman–Crippen MR) is 84.9 cm³/mol. The maximum absolute atomic E-state index is 12.4. The second kappa shape index (κ2) is 6.67. The molecule has 2 fully saturated rings. The van der Waals surface area contributed by atoms with E-state index in [1.165, 1.54) is 0 Å². The summed E-state index contributed by atoms with van der Waals surface area (Å²) in [5.41, 5.74) is 0.643. The largest absolute Gasteiger partial charge is 0.339 e. The Morgan fingerprint density at radius 2 is 1.68 bits per heavy atom. The van der Waals surface area contributed by atoms with Crippen molar-refractivity contribution in [2.24, 2.45) is 5.92 Å². The molecule has 0 radical (unpaired) electrons. The van der Waals surface area contributed by atoms with Gasteiger partial charge in [0.2, 0.25) is 5.91 Å². The first-order valence-electron chi connectivity index (χ1n) is 7.69. The number of nitrogens with one attached hydrogen (secondary N) is 1. The SMILES string of the molecule is O=C(c1ccc(Cl)cc1)N1CCN(C(=O)C2CCNC2)CC1. The average Bonchev–Trinajstić information content (AvgIpc) is 3.09. The Morgan fingerprint density at radius 1 is 1.05 bits per heavy atom. The van der Waals surface area contributed by atoms with Crippen molar-refractivity contribution in [1.29, 1.82) is 0 Å². The Morgan fingerprint density at radius 3 is 2.27 bits per heavy atom. The summed E-state index contributed by atoms with van der Waals surface area (Å²) in [6, 6.07) is 6.93. The monoisotopic (exact) mass is 321 g/mol. The van der Waals surface area contributed by atoms with Crippen LogP contribution in [0.5, 0.6) is 0 Å². The molecule has 1 atom stereocenters. The minimum absolute atomic E-state index is 0.00583. The van der Waals surface area contributed by atoms with Crippen LogP contribution >= 0.6 is 11.6 Å². The summed E-state index contributed by atoms with van der Waals surface area (Å²) >= 11 is 5.84. The molecule has 0 spiro atoms. The minimum atomic E-state index is 0.00583. The van der Waals surface area contributed by atoms with Crippen molar-refractivity contribution in [2.75, 3.05) is 39.3 Å². The Labute approximate surface area is 135 Å². The van der Waals surface area contributed by atoms with Crippen LogP contribution in [0.15, 0.2) is 24.3 Å². The van der Waals surface area contributed by atoms with E-state index in [1.54, 1.807) is 29.2 Å². The molecule has 1 unspecified atom stereocenters. The van der Waals surface area contributed by atoms with Crippen molar-refractivity contribution in [3.05, 3.63) is 34.9 Å². The molecule has 22 heavy (non-hydrogen) atoms. The van der Waals surface area contributed by atoms with Crippen LogP contribution in [0.4, 0.5) is 0 Å². The van der Waals surface area contributed by atoms with Crippen LogP contribution in [0, 0.1) is 5.92 Å². The molecular formula is C16H20ClN3O2. The molecule has 118 valence electrons. The number of carbonyl (C=O) groups excluding carboxylic acids is 2. The number of nitrogens with zero attached hydrogens (tertiary/aromatic N) is 2. The van der Waals surface area contributed by atoms with E-state index >= 15 is 0 Å². The highest BCUT2D eigenvalue weighted by Crippen LogP contribution is 2.16. The van der Waals surface area contributed by atoms with E-state index in [2.05, 4.69) is 5.32 Å². The topological polar surface area (TPSA) is 52.7 Å². The smallest absolute Gasteiger partial charge is 0.253 e. The van der Waals surface area contributed by atoms with E-state index in [0.717, 1.165) is 19.5 Å². The number of piperazine rings is 1. The van der Waals surface area contributed by atoms with Crippen LogP contribution < -0.4 is 5.32 Å². The van der Waals surface area contributed by atoms with E-state index in [1.807, 2.05) is 4.90 Å². The van der Waals surface area contributed by atoms with Gasteiger partial charge in [-0.25, -0.2) is 0 Å². The van der Waals surface area contributed by atoms with Crippen LogP contribution in [-0.2, 0) is 4.79 Å². The molecule has 0 bridgehead atoms. The first-order chi connectivity index (χ1) is 10.6. The fraction of sp³-hybridized carbons (Fsp3) is 0.500. The standard InChI is InChI=1S/C16H20ClN3O2/c17-14-3-1-12(2-4-14)15(21)19-7-9-20(10-8-19)16(22)13-5-6-18-11-13/h1-4,13,18H,5-11H2. The summed E-state index contributed by atoms with van der Waals surface area (Å²) in [4.78, 5) is 28.5. The van der Waals surface area contributed by atoms with Crippen LogP contribution in [0.1, 0.15) is 16.8 Å². The Bertz CT molecular complexity index is 547. The van der Waals surface area contributed by atoms with Gasteiger partial charge in [0, 0.05) is 43.3 Å². The van der Waals surface area contributed by atoms with Gasteiger partial charge in [-0.05, 0) is 37.2 Å². The maximum Gasteiger partial charge on any atom is 0.253 e. The predicted octanol–water partition coefficient (Wildman–Crippen LogP) is 1.23. The zero-order chi connectivity index (χ0) is 15.5. The van der Waals surface area contributed by atoms with Gasteiger partial charge in [0.25, 0.3) is 5.91 Å². The quantitative estimate of drug-likeness (QED) is 0.891. The van der Waals surface area contributed by atoms with E-state index < -0.39 is 0 Å². The van der Waals surface area contributed by atoms with Gasteiger partial charge in [0.05, 0.1) is 5.92 Å². The molecule has 1 aromatic carbocycles. The lowest BCUT2D eigenvalue weighted by Gasteiger charge is -2.36. The zero-order valence-corrected chi connectivity index (χ0v) is 13.2. The summed E-state index contributed by atoms with van der Waals surface area (Å²) < 4.78 is 0. The van der Waals surface area contributed by atoms with Crippen LogP contribution in [-0.4, -0.2) is 60.9 Å². The van der Waals surface area contributed by atoms with Gasteiger partial charge in [-0.15, -0.1) is 0 Å². The molecule has 6 heteroatoms. The van der Waals surface area contributed by atoms with Crippen LogP contribution in [0.2, 0.25) is 5.02 Å². The molecule has 2 amide bonds. The van der Waals surface area contributed by atoms with Crippen molar-refractivity contribution in [1.82, 2.24) is 15.1 Å². The van der Waals surface area contributed by atoms with E-state index in [0.29, 0.717) is 36.8 Å². The minimum Gasteiger partial charge on any atom is -0.339 e. The molecule has 0 saturated carbocycles. The molecule has 1 aromatic rings. The lowest BCUT2D eigenvalue weighted by atomic mass is 10.1. The number of halogens is 1. The van der Waals surface area contributed by atoms with E-state index in [4.69, 9.17) is 11.6 Å². The normalized spacial score (nSPS) is 22.0. The maximum atomic E-state index is 12.4. The third-order valence-corrected chi connectivity index (χ3v) is 4.63. The second-order valence-corrected chi connectivity index (χ2v) is 6.25. The molecule has 0 aliphatic carbocycles. The summed E-state index contributed by atoms with van der Waals surface area (Å²) in [5.74, 6) is 0.341. The molecule has 3 rings (SSSR count). The van der Waals surface area contributed by atoms with Crippen molar-refractivity contribution in [3.8, 4) is 0 Å². The van der Waals surface area contributed by atoms with E-state index in [-0.39, 0.29) is 17.7 Å². The van der Waals surface area contributed by atoms with Gasteiger partial charge in [0.1, 0.15) is 0 Å². The van der Waals surface area contributed by atoms with Crippen molar-refractivity contribution >= 4 is 23.4 Å². The first kappa shape index (κ1) is 15.3. The van der Waals surface area contributed by atoms with Gasteiger partial charge in [-0.2, -0.15) is 0 Å². The zero-order valence-electron chi connectivity index (χ0n) is 12.4. The van der Waals surface area contributed by atoms with Crippen LogP contribution in [0.3, 0.4) is 0 Å². The van der Waals surface area contributed by atoms with Gasteiger partial charge < -0.3 is 15.1 Å². The third kappa shape index (κ3) is 3.25. The number of carbonyl (C=O) groups is 2. The molecule has 2 aliphatic heterocycles. The summed E-state index contributed by atoms with van der Waals surface area (Å²) in [6.07, 6.45) is 0.919. The number of rotatable bonds is 2. The molecule has 2 aliphatic rings. The number of benzene rings is 1. The van der Waals surface area contributed by atoms with Gasteiger partial charge in [-0.1, -0.05) is 11.6 Å². The fourth-order valence-corrected chi connectivity index (χ4v) is 3.15. The fourth-order valence-electron chi connectivity index (χ4n) is 3.03. The highest BCUT2D eigenvalue weighted by Gasteiger charge is 2.30. The average molecular weight is 322 g/mol. The Balaban J connectivity index is 1.56. The number of amides is 2. The van der Waals surface area contributed by atoms with Crippen molar-refractivity contribution in [3.63, 3.8) is 0 Å².